The molecule has 0 aliphatic heterocycles. The van der Waals surface area contributed by atoms with Gasteiger partial charge in [-0.2, -0.15) is 0 Å². The number of anilines is 1. The number of primary amides is 1. The average Bonchev–Trinajstić information content (AvgIpc) is 2.36. The highest BCUT2D eigenvalue weighted by Crippen LogP contribution is 2.17. The summed E-state index contributed by atoms with van der Waals surface area (Å²) in [4.78, 5) is 22.3. The van der Waals surface area contributed by atoms with Crippen LogP contribution in [0, 0.1) is 0 Å². The van der Waals surface area contributed by atoms with Gasteiger partial charge in [-0.15, -0.1) is 0 Å². The number of rotatable bonds is 7. The highest BCUT2D eigenvalue weighted by Gasteiger charge is 2.14. The molecule has 0 radical (unpaired) electrons. The summed E-state index contributed by atoms with van der Waals surface area (Å²) in [6.45, 7) is 2.24. The van der Waals surface area contributed by atoms with Gasteiger partial charge in [0.2, 0.25) is 11.8 Å². The van der Waals surface area contributed by atoms with Crippen molar-refractivity contribution in [3.8, 4) is 0 Å². The van der Waals surface area contributed by atoms with Gasteiger partial charge in [0.15, 0.2) is 0 Å². The van der Waals surface area contributed by atoms with Crippen molar-refractivity contribution in [2.24, 2.45) is 5.73 Å². The lowest BCUT2D eigenvalue weighted by atomic mass is 10.00. The third-order valence-corrected chi connectivity index (χ3v) is 2.59. The maximum Gasteiger partial charge on any atom is 0.243 e. The highest BCUT2D eigenvalue weighted by molar-refractivity contribution is 5.83. The van der Waals surface area contributed by atoms with Gasteiger partial charge >= 0.3 is 0 Å². The predicted molar refractivity (Wildman–Crippen MR) is 72.3 cm³/mol. The molecule has 1 unspecified atom stereocenters. The first kappa shape index (κ1) is 15.0. The van der Waals surface area contributed by atoms with Crippen LogP contribution in [0.5, 0.6) is 0 Å². The van der Waals surface area contributed by atoms with Crippen LogP contribution in [-0.4, -0.2) is 31.6 Å². The van der Waals surface area contributed by atoms with Crippen LogP contribution in [0.1, 0.15) is 18.4 Å². The van der Waals surface area contributed by atoms with E-state index in [0.29, 0.717) is 12.2 Å². The second kappa shape index (κ2) is 7.38. The molecular weight excluding hydrogens is 246 g/mol. The number of nitrogens with two attached hydrogens (primary N) is 2. The zero-order valence-corrected chi connectivity index (χ0v) is 10.9. The van der Waals surface area contributed by atoms with Crippen molar-refractivity contribution < 1.29 is 14.3 Å². The molecule has 6 nitrogen and oxygen atoms in total. The molecule has 0 spiro atoms. The van der Waals surface area contributed by atoms with E-state index in [1.807, 2.05) is 12.1 Å². The Kier molecular flexibility index (Phi) is 5.81. The Morgan fingerprint density at radius 2 is 2.16 bits per heavy atom. The van der Waals surface area contributed by atoms with Crippen LogP contribution in [-0.2, 0) is 14.3 Å². The number of carbonyl (C=O) groups excluding carboxylic acids is 2. The van der Waals surface area contributed by atoms with Gasteiger partial charge in [-0.3, -0.25) is 9.59 Å². The minimum absolute atomic E-state index is 0.117. The summed E-state index contributed by atoms with van der Waals surface area (Å²) in [6.07, 6.45) is 0. The van der Waals surface area contributed by atoms with Crippen LogP contribution in [0.3, 0.4) is 0 Å². The quantitative estimate of drug-likeness (QED) is 0.476. The van der Waals surface area contributed by atoms with Crippen LogP contribution < -0.4 is 16.8 Å². The van der Waals surface area contributed by atoms with E-state index in [4.69, 9.17) is 16.2 Å². The minimum atomic E-state index is -0.528. The smallest absolute Gasteiger partial charge is 0.243 e. The first-order valence-corrected chi connectivity index (χ1v) is 6.00. The fraction of sp³-hybridized carbons (Fsp3) is 0.385. The van der Waals surface area contributed by atoms with Crippen molar-refractivity contribution in [2.45, 2.75) is 12.8 Å². The molecule has 1 aromatic carbocycles. The molecule has 1 rings (SSSR count). The van der Waals surface area contributed by atoms with Gasteiger partial charge in [-0.25, -0.2) is 0 Å². The van der Waals surface area contributed by atoms with E-state index in [1.165, 1.54) is 0 Å². The first-order valence-electron chi connectivity index (χ1n) is 6.00. The molecule has 2 amide bonds. The predicted octanol–water partition coefficient (Wildman–Crippen LogP) is -0.00960. The molecule has 0 bridgehead atoms. The molecule has 0 aliphatic carbocycles. The number of amides is 2. The van der Waals surface area contributed by atoms with Crippen LogP contribution in [0.4, 0.5) is 5.69 Å². The van der Waals surface area contributed by atoms with Gasteiger partial charge in [0.1, 0.15) is 6.61 Å². The number of hydrogen-bond acceptors (Lipinski definition) is 4. The molecule has 1 aromatic rings. The molecule has 0 fully saturated rings. The van der Waals surface area contributed by atoms with Gasteiger partial charge in [-0.05, 0) is 24.6 Å². The molecule has 0 aliphatic rings. The van der Waals surface area contributed by atoms with Crippen molar-refractivity contribution in [1.82, 2.24) is 5.32 Å². The zero-order chi connectivity index (χ0) is 14.3. The van der Waals surface area contributed by atoms with Gasteiger partial charge < -0.3 is 21.5 Å². The Morgan fingerprint density at radius 3 is 2.79 bits per heavy atom. The monoisotopic (exact) mass is 265 g/mol. The van der Waals surface area contributed by atoms with Crippen molar-refractivity contribution >= 4 is 17.5 Å². The summed E-state index contributed by atoms with van der Waals surface area (Å²) >= 11 is 0. The molecule has 5 N–H and O–H groups in total. The lowest BCUT2D eigenvalue weighted by Crippen LogP contribution is -2.31. The number of hydrogen-bond donors (Lipinski definition) is 3. The van der Waals surface area contributed by atoms with E-state index in [9.17, 15) is 9.59 Å². The summed E-state index contributed by atoms with van der Waals surface area (Å²) in [5.74, 6) is -0.938. The fourth-order valence-corrected chi connectivity index (χ4v) is 1.55. The van der Waals surface area contributed by atoms with Gasteiger partial charge in [-0.1, -0.05) is 12.1 Å². The van der Waals surface area contributed by atoms with E-state index < -0.39 is 5.91 Å². The lowest BCUT2D eigenvalue weighted by Gasteiger charge is -2.13. The summed E-state index contributed by atoms with van der Waals surface area (Å²) in [5, 5.41) is 2.72. The third-order valence-electron chi connectivity index (χ3n) is 2.59. The van der Waals surface area contributed by atoms with Crippen LogP contribution in [0.2, 0.25) is 0 Å². The maximum atomic E-state index is 11.9. The van der Waals surface area contributed by atoms with Crippen LogP contribution in [0.15, 0.2) is 24.3 Å². The van der Waals surface area contributed by atoms with E-state index in [2.05, 4.69) is 5.32 Å². The van der Waals surface area contributed by atoms with Crippen molar-refractivity contribution in [2.75, 3.05) is 25.5 Å². The zero-order valence-electron chi connectivity index (χ0n) is 10.9. The second-order valence-corrected chi connectivity index (χ2v) is 4.20. The normalized spacial score (nSPS) is 11.8. The minimum Gasteiger partial charge on any atom is -0.399 e. The molecule has 0 aromatic heterocycles. The SMILES string of the molecule is CC(C(=O)NCCOCC(N)=O)c1cccc(N)c1. The third kappa shape index (κ3) is 5.39. The largest absolute Gasteiger partial charge is 0.399 e. The summed E-state index contributed by atoms with van der Waals surface area (Å²) in [6, 6.07) is 7.20. The van der Waals surface area contributed by atoms with Crippen molar-refractivity contribution in [1.29, 1.82) is 0 Å². The highest BCUT2D eigenvalue weighted by atomic mass is 16.5. The van der Waals surface area contributed by atoms with Crippen molar-refractivity contribution in [3.63, 3.8) is 0 Å². The Hall–Kier alpha value is -2.08. The van der Waals surface area contributed by atoms with E-state index >= 15 is 0 Å². The van der Waals surface area contributed by atoms with Gasteiger partial charge in [0, 0.05) is 12.2 Å². The number of nitrogens with one attached hydrogen (secondary N) is 1. The van der Waals surface area contributed by atoms with Crippen LogP contribution in [0.25, 0.3) is 0 Å². The second-order valence-electron chi connectivity index (χ2n) is 4.20. The number of nitrogen functional groups attached to an aromatic ring is 1. The van der Waals surface area contributed by atoms with E-state index in [0.717, 1.165) is 5.56 Å². The lowest BCUT2D eigenvalue weighted by molar-refractivity contribution is -0.123. The molecule has 6 heteroatoms. The molecule has 19 heavy (non-hydrogen) atoms. The maximum absolute atomic E-state index is 11.9. The van der Waals surface area contributed by atoms with Crippen LogP contribution >= 0.6 is 0 Å². The summed E-state index contributed by atoms with van der Waals surface area (Å²) in [5.41, 5.74) is 12.1. The van der Waals surface area contributed by atoms with Gasteiger partial charge in [0.25, 0.3) is 0 Å². The molecule has 0 heterocycles. The molecule has 0 saturated heterocycles. The fourth-order valence-electron chi connectivity index (χ4n) is 1.55. The molecule has 1 atom stereocenters. The first-order chi connectivity index (χ1) is 9.00. The Balaban J connectivity index is 2.35. The average molecular weight is 265 g/mol. The number of ether oxygens (including phenoxy) is 1. The summed E-state index contributed by atoms with van der Waals surface area (Å²) in [7, 11) is 0. The van der Waals surface area contributed by atoms with E-state index in [-0.39, 0.29) is 25.0 Å². The van der Waals surface area contributed by atoms with Gasteiger partial charge in [0.05, 0.1) is 12.5 Å². The standard InChI is InChI=1S/C13H19N3O3/c1-9(10-3-2-4-11(14)7-10)13(18)16-5-6-19-8-12(15)17/h2-4,7,9H,5-6,8,14H2,1H3,(H2,15,17)(H,16,18). The Labute approximate surface area is 112 Å². The number of benzene rings is 1. The van der Waals surface area contributed by atoms with Crippen molar-refractivity contribution in [3.05, 3.63) is 29.8 Å². The molecule has 104 valence electrons. The Bertz CT molecular complexity index is 449. The Morgan fingerprint density at radius 1 is 1.42 bits per heavy atom. The topological polar surface area (TPSA) is 107 Å². The molecule has 0 saturated carbocycles. The molecular formula is C13H19N3O3. The number of carbonyl (C=O) groups is 2. The summed E-state index contributed by atoms with van der Waals surface area (Å²) < 4.78 is 4.94. The van der Waals surface area contributed by atoms with E-state index in [1.54, 1.807) is 19.1 Å².